The van der Waals surface area contributed by atoms with Crippen LogP contribution in [0, 0.1) is 0 Å². The molecule has 1 fully saturated rings. The molecule has 8 heteroatoms. The number of hydrogen-bond acceptors (Lipinski definition) is 4. The molecule has 0 spiro atoms. The van der Waals surface area contributed by atoms with Gasteiger partial charge in [-0.15, -0.1) is 0 Å². The fourth-order valence-electron chi connectivity index (χ4n) is 3.43. The highest BCUT2D eigenvalue weighted by Crippen LogP contribution is 2.34. The zero-order valence-electron chi connectivity index (χ0n) is 14.9. The molecule has 0 bridgehead atoms. The third kappa shape index (κ3) is 3.96. The molecule has 1 saturated heterocycles. The molecule has 1 aliphatic heterocycles. The number of likely N-dealkylation sites (tertiary alicyclic amines) is 1. The normalized spacial score (nSPS) is 21.3. The van der Waals surface area contributed by atoms with Crippen LogP contribution >= 0.6 is 0 Å². The van der Waals surface area contributed by atoms with Gasteiger partial charge in [0.25, 0.3) is 5.91 Å². The largest absolute Gasteiger partial charge is 0.479 e. The zero-order valence-corrected chi connectivity index (χ0v) is 14.9. The predicted octanol–water partition coefficient (Wildman–Crippen LogP) is 2.17. The lowest BCUT2D eigenvalue weighted by Gasteiger charge is -2.32. The first-order valence-corrected chi connectivity index (χ1v) is 8.71. The summed E-state index contributed by atoms with van der Waals surface area (Å²) < 4.78 is 0. The van der Waals surface area contributed by atoms with Gasteiger partial charge in [0.2, 0.25) is 0 Å². The van der Waals surface area contributed by atoms with Gasteiger partial charge >= 0.3 is 12.1 Å². The average Bonchev–Trinajstić information content (AvgIpc) is 3.07. The van der Waals surface area contributed by atoms with Gasteiger partial charge < -0.3 is 10.2 Å². The summed E-state index contributed by atoms with van der Waals surface area (Å²) in [6, 6.07) is 17.2. The molecule has 8 nitrogen and oxygen atoms in total. The number of benzene rings is 2. The van der Waals surface area contributed by atoms with Gasteiger partial charge in [-0.3, -0.25) is 14.5 Å². The lowest BCUT2D eigenvalue weighted by molar-refractivity contribution is -0.148. The lowest BCUT2D eigenvalue weighted by Crippen LogP contribution is -2.54. The maximum Gasteiger partial charge on any atom is 0.408 e. The molecule has 1 aliphatic rings. The van der Waals surface area contributed by atoms with Crippen molar-refractivity contribution in [1.82, 2.24) is 10.4 Å². The molecule has 0 aliphatic carbocycles. The Morgan fingerprint density at radius 1 is 1.04 bits per heavy atom. The molecule has 2 aromatic rings. The van der Waals surface area contributed by atoms with Crippen molar-refractivity contribution in [3.63, 3.8) is 0 Å². The molecule has 1 heterocycles. The third-order valence-corrected chi connectivity index (χ3v) is 4.79. The SMILES string of the molecule is O=C(NO[C@H]1CN(C(=O)O)[C@](Cc2ccccc2)(C(=O)O)C1)c1ccccc1. The Balaban J connectivity index is 1.76. The molecule has 2 aromatic carbocycles. The van der Waals surface area contributed by atoms with E-state index in [-0.39, 0.29) is 19.4 Å². The van der Waals surface area contributed by atoms with Crippen molar-refractivity contribution >= 4 is 18.0 Å². The second-order valence-corrected chi connectivity index (χ2v) is 6.63. The van der Waals surface area contributed by atoms with E-state index in [9.17, 15) is 24.6 Å². The number of nitrogens with one attached hydrogen (secondary N) is 1. The van der Waals surface area contributed by atoms with Crippen molar-refractivity contribution in [2.24, 2.45) is 0 Å². The van der Waals surface area contributed by atoms with Crippen molar-refractivity contribution in [1.29, 1.82) is 0 Å². The van der Waals surface area contributed by atoms with Crippen LogP contribution in [0.3, 0.4) is 0 Å². The quantitative estimate of drug-likeness (QED) is 0.657. The van der Waals surface area contributed by atoms with Crippen LogP contribution in [-0.4, -0.2) is 51.3 Å². The van der Waals surface area contributed by atoms with E-state index >= 15 is 0 Å². The number of carbonyl (C=O) groups excluding carboxylic acids is 1. The Kier molecular flexibility index (Phi) is 5.60. The third-order valence-electron chi connectivity index (χ3n) is 4.79. The zero-order chi connectivity index (χ0) is 20.1. The summed E-state index contributed by atoms with van der Waals surface area (Å²) >= 11 is 0. The van der Waals surface area contributed by atoms with Gasteiger partial charge in [-0.1, -0.05) is 48.5 Å². The van der Waals surface area contributed by atoms with Crippen LogP contribution in [0.2, 0.25) is 0 Å². The Hall–Kier alpha value is -3.39. The first-order chi connectivity index (χ1) is 13.4. The summed E-state index contributed by atoms with van der Waals surface area (Å²) in [5.41, 5.74) is 1.70. The maximum atomic E-state index is 12.1. The molecule has 0 radical (unpaired) electrons. The van der Waals surface area contributed by atoms with Crippen LogP contribution in [0.4, 0.5) is 4.79 Å². The van der Waals surface area contributed by atoms with E-state index in [1.54, 1.807) is 60.7 Å². The van der Waals surface area contributed by atoms with Gasteiger partial charge in [0, 0.05) is 18.4 Å². The highest BCUT2D eigenvalue weighted by atomic mass is 16.7. The van der Waals surface area contributed by atoms with E-state index in [1.807, 2.05) is 0 Å². The second kappa shape index (κ2) is 8.10. The molecule has 3 rings (SSSR count). The Labute approximate surface area is 161 Å². The number of rotatable bonds is 6. The van der Waals surface area contributed by atoms with Crippen molar-refractivity contribution in [2.45, 2.75) is 24.5 Å². The van der Waals surface area contributed by atoms with Gasteiger partial charge in [0.1, 0.15) is 11.6 Å². The van der Waals surface area contributed by atoms with E-state index in [0.717, 1.165) is 4.90 Å². The van der Waals surface area contributed by atoms with Crippen LogP contribution in [0.25, 0.3) is 0 Å². The average molecular weight is 384 g/mol. The number of nitrogens with zero attached hydrogens (tertiary/aromatic N) is 1. The molecule has 0 unspecified atom stereocenters. The molecule has 0 saturated carbocycles. The van der Waals surface area contributed by atoms with Crippen LogP contribution in [0.5, 0.6) is 0 Å². The fourth-order valence-corrected chi connectivity index (χ4v) is 3.43. The first kappa shape index (κ1) is 19.4. The summed E-state index contributed by atoms with van der Waals surface area (Å²) in [5.74, 6) is -1.74. The molecule has 2 atom stereocenters. The van der Waals surface area contributed by atoms with E-state index < -0.39 is 29.6 Å². The van der Waals surface area contributed by atoms with Crippen LogP contribution in [0.15, 0.2) is 60.7 Å². The molecule has 3 N–H and O–H groups in total. The topological polar surface area (TPSA) is 116 Å². The standard InChI is InChI=1S/C20H20N2O6/c23-17(15-9-5-2-6-10-15)21-28-16-12-20(18(24)25,22(13-16)19(26)27)11-14-7-3-1-4-8-14/h1-10,16H,11-13H2,(H,21,23)(H,24,25)(H,26,27)/t16-,20+/m1/s1. The van der Waals surface area contributed by atoms with Crippen molar-refractivity contribution in [3.05, 3.63) is 71.8 Å². The number of hydroxylamine groups is 1. The number of aliphatic carboxylic acids is 1. The summed E-state index contributed by atoms with van der Waals surface area (Å²) in [7, 11) is 0. The molecular weight excluding hydrogens is 364 g/mol. The molecule has 2 amide bonds. The lowest BCUT2D eigenvalue weighted by atomic mass is 9.88. The highest BCUT2D eigenvalue weighted by molar-refractivity contribution is 5.93. The summed E-state index contributed by atoms with van der Waals surface area (Å²) in [6.45, 7) is -0.163. The van der Waals surface area contributed by atoms with E-state index in [4.69, 9.17) is 4.84 Å². The minimum atomic E-state index is -1.67. The van der Waals surface area contributed by atoms with Crippen molar-refractivity contribution < 1.29 is 29.4 Å². The van der Waals surface area contributed by atoms with Gasteiger partial charge in [0.05, 0.1) is 6.54 Å². The number of hydrogen-bond donors (Lipinski definition) is 3. The van der Waals surface area contributed by atoms with Crippen LogP contribution in [0.1, 0.15) is 22.3 Å². The second-order valence-electron chi connectivity index (χ2n) is 6.63. The summed E-state index contributed by atoms with van der Waals surface area (Å²) in [6.07, 6.45) is -2.22. The van der Waals surface area contributed by atoms with Gasteiger partial charge in [0.15, 0.2) is 0 Å². The van der Waals surface area contributed by atoms with Gasteiger partial charge in [-0.05, 0) is 17.7 Å². The van der Waals surface area contributed by atoms with Crippen molar-refractivity contribution in [3.8, 4) is 0 Å². The number of carboxylic acid groups (broad SMARTS) is 2. The summed E-state index contributed by atoms with van der Waals surface area (Å²) in [5, 5.41) is 19.4. The maximum absolute atomic E-state index is 12.1. The Morgan fingerprint density at radius 3 is 2.21 bits per heavy atom. The number of carboxylic acids is 1. The Morgan fingerprint density at radius 2 is 1.64 bits per heavy atom. The Bertz CT molecular complexity index is 858. The first-order valence-electron chi connectivity index (χ1n) is 8.71. The van der Waals surface area contributed by atoms with E-state index in [2.05, 4.69) is 5.48 Å². The molecule has 146 valence electrons. The fraction of sp³-hybridized carbons (Fsp3) is 0.250. The smallest absolute Gasteiger partial charge is 0.408 e. The summed E-state index contributed by atoms with van der Waals surface area (Å²) in [4.78, 5) is 42.2. The number of carbonyl (C=O) groups is 3. The van der Waals surface area contributed by atoms with Gasteiger partial charge in [-0.2, -0.15) is 0 Å². The number of amides is 2. The monoisotopic (exact) mass is 384 g/mol. The molecule has 0 aromatic heterocycles. The predicted molar refractivity (Wildman–Crippen MR) is 98.6 cm³/mol. The van der Waals surface area contributed by atoms with Crippen LogP contribution in [-0.2, 0) is 16.1 Å². The van der Waals surface area contributed by atoms with Crippen molar-refractivity contribution in [2.75, 3.05) is 6.54 Å². The minimum absolute atomic E-state index is 0.00195. The highest BCUT2D eigenvalue weighted by Gasteiger charge is 2.54. The van der Waals surface area contributed by atoms with Crippen LogP contribution < -0.4 is 5.48 Å². The minimum Gasteiger partial charge on any atom is -0.479 e. The van der Waals surface area contributed by atoms with E-state index in [0.29, 0.717) is 11.1 Å². The molecular formula is C20H20N2O6. The van der Waals surface area contributed by atoms with Gasteiger partial charge in [-0.25, -0.2) is 15.1 Å². The molecule has 28 heavy (non-hydrogen) atoms. The van der Waals surface area contributed by atoms with E-state index in [1.165, 1.54) is 0 Å².